The number of hydrogen-bond donors (Lipinski definition) is 2. The van der Waals surface area contributed by atoms with E-state index in [9.17, 15) is 22.8 Å². The third-order valence-corrected chi connectivity index (χ3v) is 3.80. The molecule has 0 bridgehead atoms. The van der Waals surface area contributed by atoms with Crippen molar-refractivity contribution >= 4 is 23.2 Å². The third kappa shape index (κ3) is 5.58. The van der Waals surface area contributed by atoms with Crippen molar-refractivity contribution in [2.75, 3.05) is 10.6 Å². The van der Waals surface area contributed by atoms with Crippen LogP contribution < -0.4 is 15.4 Å². The van der Waals surface area contributed by atoms with Gasteiger partial charge in [0, 0.05) is 11.3 Å². The topological polar surface area (TPSA) is 67.4 Å². The zero-order valence-electron chi connectivity index (χ0n) is 14.9. The normalized spacial score (nSPS) is 10.9. The molecule has 0 aliphatic carbocycles. The monoisotopic (exact) mass is 400 g/mol. The van der Waals surface area contributed by atoms with Gasteiger partial charge in [0.2, 0.25) is 0 Å². The highest BCUT2D eigenvalue weighted by atomic mass is 19.4. The van der Waals surface area contributed by atoms with Gasteiger partial charge in [0.05, 0.1) is 11.3 Å². The van der Waals surface area contributed by atoms with E-state index in [2.05, 4.69) is 15.4 Å². The number of halogens is 3. The Morgan fingerprint density at radius 3 is 2.00 bits per heavy atom. The second-order valence-electron chi connectivity index (χ2n) is 5.89. The zero-order valence-corrected chi connectivity index (χ0v) is 14.9. The van der Waals surface area contributed by atoms with Crippen LogP contribution in [0, 0.1) is 0 Å². The summed E-state index contributed by atoms with van der Waals surface area (Å²) in [5.74, 6) is -1.30. The molecule has 0 aliphatic rings. The number of anilines is 2. The van der Waals surface area contributed by atoms with E-state index < -0.39 is 18.0 Å². The first kappa shape index (κ1) is 19.9. The summed E-state index contributed by atoms with van der Waals surface area (Å²) in [6.07, 6.45) is -4.79. The summed E-state index contributed by atoms with van der Waals surface area (Å²) in [7, 11) is 0. The third-order valence-electron chi connectivity index (χ3n) is 3.80. The van der Waals surface area contributed by atoms with Crippen molar-refractivity contribution in [3.05, 3.63) is 90.0 Å². The van der Waals surface area contributed by atoms with Crippen molar-refractivity contribution in [1.82, 2.24) is 0 Å². The van der Waals surface area contributed by atoms with Crippen LogP contribution in [-0.2, 0) is 0 Å². The summed E-state index contributed by atoms with van der Waals surface area (Å²) in [6, 6.07) is 19.7. The fraction of sp³-hybridized carbons (Fsp3) is 0.0476. The number of rotatable bonds is 5. The van der Waals surface area contributed by atoms with Crippen molar-refractivity contribution in [3.8, 4) is 5.75 Å². The van der Waals surface area contributed by atoms with Crippen LogP contribution in [0.5, 0.6) is 5.75 Å². The summed E-state index contributed by atoms with van der Waals surface area (Å²) in [5, 5.41) is 5.26. The largest absolute Gasteiger partial charge is 0.573 e. The lowest BCUT2D eigenvalue weighted by Crippen LogP contribution is -2.18. The molecule has 0 aliphatic heterocycles. The number of carbonyl (C=O) groups excluding carboxylic acids is 2. The van der Waals surface area contributed by atoms with Crippen molar-refractivity contribution in [2.45, 2.75) is 6.36 Å². The average molecular weight is 400 g/mol. The molecule has 5 nitrogen and oxygen atoms in total. The van der Waals surface area contributed by atoms with Crippen LogP contribution in [0.25, 0.3) is 0 Å². The van der Waals surface area contributed by atoms with E-state index in [1.165, 1.54) is 18.2 Å². The summed E-state index contributed by atoms with van der Waals surface area (Å²) >= 11 is 0. The van der Waals surface area contributed by atoms with Gasteiger partial charge in [0.25, 0.3) is 11.8 Å². The molecule has 0 unspecified atom stereocenters. The molecule has 0 radical (unpaired) electrons. The highest BCUT2D eigenvalue weighted by Gasteiger charge is 2.31. The van der Waals surface area contributed by atoms with Crippen molar-refractivity contribution in [3.63, 3.8) is 0 Å². The zero-order chi connectivity index (χ0) is 20.9. The molecule has 29 heavy (non-hydrogen) atoms. The molecule has 0 aromatic heterocycles. The SMILES string of the molecule is O=C(Nc1ccccc1C(=O)Nc1ccc(OC(F)(F)F)cc1)c1ccccc1. The molecule has 2 N–H and O–H groups in total. The first-order valence-corrected chi connectivity index (χ1v) is 8.44. The van der Waals surface area contributed by atoms with Gasteiger partial charge < -0.3 is 15.4 Å². The van der Waals surface area contributed by atoms with Gasteiger partial charge in [-0.15, -0.1) is 13.2 Å². The predicted octanol–water partition coefficient (Wildman–Crippen LogP) is 5.09. The van der Waals surface area contributed by atoms with E-state index >= 15 is 0 Å². The number of para-hydroxylation sites is 1. The highest BCUT2D eigenvalue weighted by molar-refractivity contribution is 6.12. The predicted molar refractivity (Wildman–Crippen MR) is 102 cm³/mol. The fourth-order valence-electron chi connectivity index (χ4n) is 2.51. The van der Waals surface area contributed by atoms with E-state index in [-0.39, 0.29) is 17.2 Å². The molecule has 0 saturated heterocycles. The minimum Gasteiger partial charge on any atom is -0.406 e. The van der Waals surface area contributed by atoms with E-state index in [4.69, 9.17) is 0 Å². The highest BCUT2D eigenvalue weighted by Crippen LogP contribution is 2.25. The molecule has 8 heteroatoms. The van der Waals surface area contributed by atoms with E-state index in [0.717, 1.165) is 12.1 Å². The first-order valence-electron chi connectivity index (χ1n) is 8.44. The maximum absolute atomic E-state index is 12.6. The fourth-order valence-corrected chi connectivity index (χ4v) is 2.51. The minimum absolute atomic E-state index is 0.201. The van der Waals surface area contributed by atoms with Crippen LogP contribution in [0.1, 0.15) is 20.7 Å². The van der Waals surface area contributed by atoms with Crippen LogP contribution in [-0.4, -0.2) is 18.2 Å². The Morgan fingerprint density at radius 1 is 0.724 bits per heavy atom. The van der Waals surface area contributed by atoms with Crippen LogP contribution in [0.3, 0.4) is 0 Å². The summed E-state index contributed by atoms with van der Waals surface area (Å²) < 4.78 is 40.4. The van der Waals surface area contributed by atoms with Gasteiger partial charge in [-0.2, -0.15) is 0 Å². The maximum Gasteiger partial charge on any atom is 0.573 e. The molecule has 0 fully saturated rings. The Labute approximate surface area is 164 Å². The van der Waals surface area contributed by atoms with Crippen molar-refractivity contribution in [1.29, 1.82) is 0 Å². The Hall–Kier alpha value is -3.81. The van der Waals surface area contributed by atoms with Gasteiger partial charge in [-0.25, -0.2) is 0 Å². The number of nitrogens with one attached hydrogen (secondary N) is 2. The Bertz CT molecular complexity index is 1000. The van der Waals surface area contributed by atoms with Crippen LogP contribution in [0.4, 0.5) is 24.5 Å². The van der Waals surface area contributed by atoms with Gasteiger partial charge in [0.1, 0.15) is 5.75 Å². The molecule has 0 saturated carbocycles. The molecule has 3 rings (SSSR count). The molecule has 0 heterocycles. The Morgan fingerprint density at radius 2 is 1.34 bits per heavy atom. The lowest BCUT2D eigenvalue weighted by molar-refractivity contribution is -0.274. The Kier molecular flexibility index (Phi) is 5.82. The summed E-state index contributed by atoms with van der Waals surface area (Å²) in [4.78, 5) is 24.9. The number of amides is 2. The molecule has 148 valence electrons. The van der Waals surface area contributed by atoms with Gasteiger partial charge in [-0.1, -0.05) is 30.3 Å². The molecule has 0 spiro atoms. The molecule has 2 amide bonds. The van der Waals surface area contributed by atoms with Gasteiger partial charge in [0.15, 0.2) is 0 Å². The molecule has 3 aromatic carbocycles. The Balaban J connectivity index is 1.72. The molecule has 3 aromatic rings. The van der Waals surface area contributed by atoms with Crippen molar-refractivity contribution in [2.24, 2.45) is 0 Å². The van der Waals surface area contributed by atoms with E-state index in [1.807, 2.05) is 0 Å². The van der Waals surface area contributed by atoms with Gasteiger partial charge in [-0.3, -0.25) is 9.59 Å². The van der Waals surface area contributed by atoms with E-state index in [1.54, 1.807) is 48.5 Å². The number of alkyl halides is 3. The number of hydrogen-bond acceptors (Lipinski definition) is 3. The minimum atomic E-state index is -4.79. The lowest BCUT2D eigenvalue weighted by Gasteiger charge is -2.12. The van der Waals surface area contributed by atoms with Crippen LogP contribution >= 0.6 is 0 Å². The number of carbonyl (C=O) groups is 2. The summed E-state index contributed by atoms with van der Waals surface area (Å²) in [5.41, 5.74) is 1.21. The standard InChI is InChI=1S/C21H15F3N2O3/c22-21(23,24)29-16-12-10-15(11-13-16)25-20(28)17-8-4-5-9-18(17)26-19(27)14-6-2-1-3-7-14/h1-13H,(H,25,28)(H,26,27). The molecular weight excluding hydrogens is 385 g/mol. The number of benzene rings is 3. The maximum atomic E-state index is 12.6. The summed E-state index contributed by atoms with van der Waals surface area (Å²) in [6.45, 7) is 0. The van der Waals surface area contributed by atoms with Crippen LogP contribution in [0.2, 0.25) is 0 Å². The molecule has 0 atom stereocenters. The second-order valence-corrected chi connectivity index (χ2v) is 5.89. The smallest absolute Gasteiger partial charge is 0.406 e. The second kappa shape index (κ2) is 8.47. The lowest BCUT2D eigenvalue weighted by atomic mass is 10.1. The van der Waals surface area contributed by atoms with Crippen molar-refractivity contribution < 1.29 is 27.5 Å². The van der Waals surface area contributed by atoms with E-state index in [0.29, 0.717) is 11.3 Å². The number of ether oxygens (including phenoxy) is 1. The quantitative estimate of drug-likeness (QED) is 0.627. The molecular formula is C21H15F3N2O3. The first-order chi connectivity index (χ1) is 13.8. The average Bonchev–Trinajstić information content (AvgIpc) is 2.69. The van der Waals surface area contributed by atoms with Gasteiger partial charge in [-0.05, 0) is 48.5 Å². The van der Waals surface area contributed by atoms with Gasteiger partial charge >= 0.3 is 6.36 Å². The van der Waals surface area contributed by atoms with Crippen LogP contribution in [0.15, 0.2) is 78.9 Å².